The van der Waals surface area contributed by atoms with Gasteiger partial charge in [0.1, 0.15) is 5.69 Å². The van der Waals surface area contributed by atoms with Gasteiger partial charge < -0.3 is 14.8 Å². The van der Waals surface area contributed by atoms with Crippen molar-refractivity contribution in [1.29, 1.82) is 0 Å². The fraction of sp³-hybridized carbons (Fsp3) is 0.333. The molecule has 0 radical (unpaired) electrons. The summed E-state index contributed by atoms with van der Waals surface area (Å²) in [4.78, 5) is 16.1. The fourth-order valence-corrected chi connectivity index (χ4v) is 1.77. The molecule has 1 unspecified atom stereocenters. The van der Waals surface area contributed by atoms with E-state index in [0.29, 0.717) is 16.7 Å². The van der Waals surface area contributed by atoms with Crippen LogP contribution in [0.15, 0.2) is 29.1 Å². The summed E-state index contributed by atoms with van der Waals surface area (Å²) in [6, 6.07) is 7.23. The lowest BCUT2D eigenvalue weighted by atomic mass is 10.2. The smallest absolute Gasteiger partial charge is 0.272 e. The maximum Gasteiger partial charge on any atom is 0.272 e. The first-order valence-electron chi connectivity index (χ1n) is 5.38. The molecule has 0 fully saturated rings. The summed E-state index contributed by atoms with van der Waals surface area (Å²) in [5, 5.41) is 18.3. The average molecular weight is 234 g/mol. The van der Waals surface area contributed by atoms with E-state index in [1.165, 1.54) is 4.57 Å². The Kier molecular flexibility index (Phi) is 3.21. The number of hydrogen-bond donors (Lipinski definition) is 2. The molecule has 5 nitrogen and oxygen atoms in total. The summed E-state index contributed by atoms with van der Waals surface area (Å²) in [7, 11) is 0. The van der Waals surface area contributed by atoms with Crippen LogP contribution >= 0.6 is 0 Å². The summed E-state index contributed by atoms with van der Waals surface area (Å²) in [5.74, 6) is 0. The van der Waals surface area contributed by atoms with E-state index in [-0.39, 0.29) is 18.7 Å². The van der Waals surface area contributed by atoms with Gasteiger partial charge in [-0.15, -0.1) is 0 Å². The van der Waals surface area contributed by atoms with E-state index in [4.69, 9.17) is 5.11 Å². The molecule has 90 valence electrons. The van der Waals surface area contributed by atoms with Crippen LogP contribution in [0.1, 0.15) is 5.69 Å². The molecule has 5 heteroatoms. The highest BCUT2D eigenvalue weighted by Crippen LogP contribution is 2.10. The molecule has 2 N–H and O–H groups in total. The first-order chi connectivity index (χ1) is 8.13. The summed E-state index contributed by atoms with van der Waals surface area (Å²) >= 11 is 0. The van der Waals surface area contributed by atoms with E-state index in [2.05, 4.69) is 4.98 Å². The Bertz CT molecular complexity index is 592. The number of rotatable bonds is 3. The maximum absolute atomic E-state index is 11.9. The van der Waals surface area contributed by atoms with Crippen LogP contribution in [0.2, 0.25) is 0 Å². The zero-order valence-electron chi connectivity index (χ0n) is 9.50. The quantitative estimate of drug-likeness (QED) is 0.787. The SMILES string of the molecule is Cc1nc2ccccc2n(CC(O)CO)c1=O. The predicted octanol–water partition coefficient (Wildman–Crippen LogP) is 0.0581. The van der Waals surface area contributed by atoms with Crippen LogP contribution in [0.4, 0.5) is 0 Å². The summed E-state index contributed by atoms with van der Waals surface area (Å²) in [6.07, 6.45) is -0.946. The Hall–Kier alpha value is -1.72. The summed E-state index contributed by atoms with van der Waals surface area (Å²) in [5.41, 5.74) is 1.51. The van der Waals surface area contributed by atoms with Crippen LogP contribution in [0.3, 0.4) is 0 Å². The van der Waals surface area contributed by atoms with E-state index < -0.39 is 6.10 Å². The fourth-order valence-electron chi connectivity index (χ4n) is 1.77. The van der Waals surface area contributed by atoms with Crippen molar-refractivity contribution in [3.63, 3.8) is 0 Å². The maximum atomic E-state index is 11.9. The molecule has 0 saturated carbocycles. The molecule has 0 aliphatic heterocycles. The lowest BCUT2D eigenvalue weighted by Crippen LogP contribution is -2.30. The molecule has 17 heavy (non-hydrogen) atoms. The van der Waals surface area contributed by atoms with Gasteiger partial charge in [0.15, 0.2) is 0 Å². The van der Waals surface area contributed by atoms with Crippen LogP contribution in [-0.2, 0) is 6.54 Å². The second-order valence-electron chi connectivity index (χ2n) is 3.94. The first-order valence-corrected chi connectivity index (χ1v) is 5.38. The molecular formula is C12H14N2O3. The van der Waals surface area contributed by atoms with E-state index in [9.17, 15) is 9.90 Å². The zero-order valence-corrected chi connectivity index (χ0v) is 9.50. The van der Waals surface area contributed by atoms with Crippen molar-refractivity contribution < 1.29 is 10.2 Å². The average Bonchev–Trinajstić information content (AvgIpc) is 2.34. The van der Waals surface area contributed by atoms with Crippen molar-refractivity contribution in [2.24, 2.45) is 0 Å². The van der Waals surface area contributed by atoms with Gasteiger partial charge in [0, 0.05) is 0 Å². The number of fused-ring (bicyclic) bond motifs is 1. The number of hydrogen-bond acceptors (Lipinski definition) is 4. The topological polar surface area (TPSA) is 75.3 Å². The lowest BCUT2D eigenvalue weighted by Gasteiger charge is -2.13. The zero-order chi connectivity index (χ0) is 12.4. The molecule has 0 spiro atoms. The molecular weight excluding hydrogens is 220 g/mol. The van der Waals surface area contributed by atoms with Crippen LogP contribution in [-0.4, -0.2) is 32.5 Å². The van der Waals surface area contributed by atoms with Gasteiger partial charge >= 0.3 is 0 Å². The molecule has 1 heterocycles. The molecule has 0 aliphatic carbocycles. The van der Waals surface area contributed by atoms with Crippen LogP contribution in [0.25, 0.3) is 11.0 Å². The van der Waals surface area contributed by atoms with E-state index >= 15 is 0 Å². The van der Waals surface area contributed by atoms with E-state index in [1.807, 2.05) is 12.1 Å². The third kappa shape index (κ3) is 2.20. The van der Waals surface area contributed by atoms with Crippen LogP contribution < -0.4 is 5.56 Å². The normalized spacial score (nSPS) is 12.9. The summed E-state index contributed by atoms with van der Waals surface area (Å²) < 4.78 is 1.44. The number of benzene rings is 1. The third-order valence-electron chi connectivity index (χ3n) is 2.62. The minimum absolute atomic E-state index is 0.0687. The minimum Gasteiger partial charge on any atom is -0.394 e. The number of aryl methyl sites for hydroxylation is 1. The minimum atomic E-state index is -0.946. The second kappa shape index (κ2) is 4.65. The Morgan fingerprint density at radius 3 is 2.82 bits per heavy atom. The van der Waals surface area contributed by atoms with Gasteiger partial charge in [-0.25, -0.2) is 4.98 Å². The monoisotopic (exact) mass is 234 g/mol. The molecule has 0 aliphatic rings. The Morgan fingerprint density at radius 2 is 2.12 bits per heavy atom. The van der Waals surface area contributed by atoms with Crippen molar-refractivity contribution >= 4 is 11.0 Å². The van der Waals surface area contributed by atoms with Crippen molar-refractivity contribution in [2.45, 2.75) is 19.6 Å². The highest BCUT2D eigenvalue weighted by atomic mass is 16.3. The van der Waals surface area contributed by atoms with E-state index in [0.717, 1.165) is 0 Å². The molecule has 0 saturated heterocycles. The summed E-state index contributed by atoms with van der Waals surface area (Å²) in [6.45, 7) is 1.33. The molecule has 1 atom stereocenters. The van der Waals surface area contributed by atoms with Crippen LogP contribution in [0.5, 0.6) is 0 Å². The van der Waals surface area contributed by atoms with Gasteiger partial charge in [-0.05, 0) is 19.1 Å². The predicted molar refractivity (Wildman–Crippen MR) is 63.8 cm³/mol. The first kappa shape index (κ1) is 11.8. The Morgan fingerprint density at radius 1 is 1.41 bits per heavy atom. The number of aromatic nitrogens is 2. The van der Waals surface area contributed by atoms with Gasteiger partial charge in [0.2, 0.25) is 0 Å². The van der Waals surface area contributed by atoms with Gasteiger partial charge in [0.25, 0.3) is 5.56 Å². The number of nitrogens with zero attached hydrogens (tertiary/aromatic N) is 2. The largest absolute Gasteiger partial charge is 0.394 e. The van der Waals surface area contributed by atoms with Crippen LogP contribution in [0, 0.1) is 6.92 Å². The molecule has 2 rings (SSSR count). The molecule has 0 amide bonds. The molecule has 0 bridgehead atoms. The van der Waals surface area contributed by atoms with Gasteiger partial charge in [-0.1, -0.05) is 12.1 Å². The van der Waals surface area contributed by atoms with Crippen molar-refractivity contribution in [3.05, 3.63) is 40.3 Å². The number of aliphatic hydroxyl groups excluding tert-OH is 2. The Labute approximate surface area is 98.0 Å². The Balaban J connectivity index is 2.66. The molecule has 1 aromatic heterocycles. The standard InChI is InChI=1S/C12H14N2O3/c1-8-12(17)14(6-9(16)7-15)11-5-3-2-4-10(11)13-8/h2-5,9,15-16H,6-7H2,1H3. The highest BCUT2D eigenvalue weighted by Gasteiger charge is 2.11. The number of para-hydroxylation sites is 2. The van der Waals surface area contributed by atoms with Gasteiger partial charge in [-0.3, -0.25) is 4.79 Å². The second-order valence-corrected chi connectivity index (χ2v) is 3.94. The van der Waals surface area contributed by atoms with Crippen molar-refractivity contribution in [2.75, 3.05) is 6.61 Å². The highest BCUT2D eigenvalue weighted by molar-refractivity contribution is 5.74. The van der Waals surface area contributed by atoms with Gasteiger partial charge in [0.05, 0.1) is 30.3 Å². The molecule has 2 aromatic rings. The molecule has 1 aromatic carbocycles. The van der Waals surface area contributed by atoms with E-state index in [1.54, 1.807) is 19.1 Å². The third-order valence-corrected chi connectivity index (χ3v) is 2.62. The van der Waals surface area contributed by atoms with Crippen molar-refractivity contribution in [3.8, 4) is 0 Å². The van der Waals surface area contributed by atoms with Crippen molar-refractivity contribution in [1.82, 2.24) is 9.55 Å². The van der Waals surface area contributed by atoms with Gasteiger partial charge in [-0.2, -0.15) is 0 Å². The lowest BCUT2D eigenvalue weighted by molar-refractivity contribution is 0.0813. The number of aliphatic hydroxyl groups is 2.